The lowest BCUT2D eigenvalue weighted by Gasteiger charge is -2.01. The van der Waals surface area contributed by atoms with E-state index in [2.05, 4.69) is 15.4 Å². The summed E-state index contributed by atoms with van der Waals surface area (Å²) in [5.41, 5.74) is 2.23. The molecule has 1 amide bonds. The molecule has 3 aromatic rings. The van der Waals surface area contributed by atoms with E-state index in [9.17, 15) is 9.59 Å². The van der Waals surface area contributed by atoms with E-state index in [4.69, 9.17) is 11.6 Å². The SMILES string of the molecule is Cc1nn(C)c(C)c1C(=O)C(=O)Nc1nc(-c2ccc(Cl)s2)cs1. The molecule has 0 aliphatic heterocycles. The molecule has 0 radical (unpaired) electrons. The number of rotatable bonds is 4. The smallest absolute Gasteiger partial charge is 0.295 e. The summed E-state index contributed by atoms with van der Waals surface area (Å²) in [5, 5.41) is 8.89. The second-order valence-corrected chi connectivity index (χ2v) is 7.67. The highest BCUT2D eigenvalue weighted by atomic mass is 35.5. The van der Waals surface area contributed by atoms with Crippen molar-refractivity contribution in [3.05, 3.63) is 38.8 Å². The lowest BCUT2D eigenvalue weighted by Crippen LogP contribution is -2.23. The van der Waals surface area contributed by atoms with Crippen molar-refractivity contribution in [2.45, 2.75) is 13.8 Å². The minimum absolute atomic E-state index is 0.330. The zero-order valence-electron chi connectivity index (χ0n) is 13.1. The van der Waals surface area contributed by atoms with Gasteiger partial charge in [0.15, 0.2) is 5.13 Å². The van der Waals surface area contributed by atoms with Crippen molar-refractivity contribution in [3.63, 3.8) is 0 Å². The summed E-state index contributed by atoms with van der Waals surface area (Å²) in [6.45, 7) is 3.46. The molecule has 24 heavy (non-hydrogen) atoms. The molecular weight excluding hydrogens is 368 g/mol. The number of halogens is 1. The first kappa shape index (κ1) is 16.8. The normalized spacial score (nSPS) is 10.8. The molecule has 3 rings (SSSR count). The average Bonchev–Trinajstić information content (AvgIpc) is 3.20. The number of amides is 1. The molecule has 0 unspecified atom stereocenters. The second-order valence-electron chi connectivity index (χ2n) is 5.09. The Morgan fingerprint density at radius 2 is 2.04 bits per heavy atom. The number of aryl methyl sites for hydroxylation is 2. The molecule has 0 aliphatic rings. The van der Waals surface area contributed by atoms with Crippen LogP contribution in [0.1, 0.15) is 21.7 Å². The van der Waals surface area contributed by atoms with Crippen molar-refractivity contribution in [1.82, 2.24) is 14.8 Å². The fraction of sp³-hybridized carbons (Fsp3) is 0.200. The zero-order chi connectivity index (χ0) is 17.4. The quantitative estimate of drug-likeness (QED) is 0.553. The molecule has 6 nitrogen and oxygen atoms in total. The van der Waals surface area contributed by atoms with Crippen LogP contribution in [0.2, 0.25) is 4.34 Å². The van der Waals surface area contributed by atoms with Crippen molar-refractivity contribution in [2.24, 2.45) is 7.05 Å². The number of nitrogens with one attached hydrogen (secondary N) is 1. The standard InChI is InChI=1S/C15H13ClN4O2S2/c1-7-12(8(2)20(3)19-7)13(21)14(22)18-15-17-9(6-23-15)10-4-5-11(16)24-10/h4-6H,1-3H3,(H,17,18,22). The van der Waals surface area contributed by atoms with Crippen molar-refractivity contribution in [2.75, 3.05) is 5.32 Å². The number of ketones is 1. The molecule has 1 N–H and O–H groups in total. The molecule has 0 aliphatic carbocycles. The van der Waals surface area contributed by atoms with Crippen LogP contribution in [0.25, 0.3) is 10.6 Å². The number of carbonyl (C=O) groups is 2. The van der Waals surface area contributed by atoms with Crippen LogP contribution in [0.3, 0.4) is 0 Å². The monoisotopic (exact) mass is 380 g/mol. The molecule has 0 fully saturated rings. The molecular formula is C15H13ClN4O2S2. The summed E-state index contributed by atoms with van der Waals surface area (Å²) in [7, 11) is 1.73. The minimum Gasteiger partial charge on any atom is -0.295 e. The third-order valence-corrected chi connectivity index (χ3v) is 5.50. The Kier molecular flexibility index (Phi) is 4.53. The van der Waals surface area contributed by atoms with Crippen LogP contribution >= 0.6 is 34.3 Å². The van der Waals surface area contributed by atoms with Gasteiger partial charge in [0.1, 0.15) is 0 Å². The van der Waals surface area contributed by atoms with E-state index in [1.807, 2.05) is 11.4 Å². The third kappa shape index (κ3) is 3.12. The van der Waals surface area contributed by atoms with Gasteiger partial charge in [-0.2, -0.15) is 5.10 Å². The highest BCUT2D eigenvalue weighted by molar-refractivity contribution is 7.20. The first-order chi connectivity index (χ1) is 11.4. The molecule has 0 saturated carbocycles. The van der Waals surface area contributed by atoms with Crippen molar-refractivity contribution >= 4 is 51.1 Å². The first-order valence-corrected chi connectivity index (χ1v) is 9.01. The first-order valence-electron chi connectivity index (χ1n) is 6.94. The lowest BCUT2D eigenvalue weighted by molar-refractivity contribution is -0.112. The van der Waals surface area contributed by atoms with Gasteiger partial charge in [-0.3, -0.25) is 19.6 Å². The third-order valence-electron chi connectivity index (χ3n) is 3.49. The van der Waals surface area contributed by atoms with Crippen LogP contribution in [0.4, 0.5) is 5.13 Å². The Morgan fingerprint density at radius 3 is 2.62 bits per heavy atom. The summed E-state index contributed by atoms with van der Waals surface area (Å²) in [6, 6.07) is 3.65. The zero-order valence-corrected chi connectivity index (χ0v) is 15.5. The average molecular weight is 381 g/mol. The van der Waals surface area contributed by atoms with Gasteiger partial charge in [-0.15, -0.1) is 22.7 Å². The van der Waals surface area contributed by atoms with Crippen molar-refractivity contribution < 1.29 is 9.59 Å². The fourth-order valence-corrected chi connectivity index (χ4v) is 4.05. The predicted molar refractivity (Wildman–Crippen MR) is 96.1 cm³/mol. The van der Waals surface area contributed by atoms with E-state index in [-0.39, 0.29) is 0 Å². The Hall–Kier alpha value is -2.03. The number of nitrogens with zero attached hydrogens (tertiary/aromatic N) is 3. The number of thiophene rings is 1. The molecule has 0 atom stereocenters. The largest absolute Gasteiger partial charge is 0.298 e. The van der Waals surface area contributed by atoms with E-state index < -0.39 is 11.7 Å². The van der Waals surface area contributed by atoms with Crippen LogP contribution in [0, 0.1) is 13.8 Å². The molecule has 0 aromatic carbocycles. The number of Topliss-reactive ketones (excluding diaryl/α,β-unsaturated/α-hetero) is 1. The minimum atomic E-state index is -0.723. The van der Waals surface area contributed by atoms with Gasteiger partial charge in [0.25, 0.3) is 11.7 Å². The van der Waals surface area contributed by atoms with Crippen LogP contribution < -0.4 is 5.32 Å². The van der Waals surface area contributed by atoms with Gasteiger partial charge in [0, 0.05) is 18.1 Å². The number of aromatic nitrogens is 3. The van der Waals surface area contributed by atoms with Gasteiger partial charge < -0.3 is 0 Å². The van der Waals surface area contributed by atoms with Gasteiger partial charge in [-0.1, -0.05) is 11.6 Å². The number of carbonyl (C=O) groups excluding carboxylic acids is 2. The van der Waals surface area contributed by atoms with E-state index >= 15 is 0 Å². The topological polar surface area (TPSA) is 76.9 Å². The maximum absolute atomic E-state index is 12.4. The van der Waals surface area contributed by atoms with Crippen molar-refractivity contribution in [3.8, 4) is 10.6 Å². The molecule has 9 heteroatoms. The van der Waals surface area contributed by atoms with Gasteiger partial charge >= 0.3 is 0 Å². The van der Waals surface area contributed by atoms with E-state index in [0.29, 0.717) is 32.1 Å². The number of hydrogen-bond donors (Lipinski definition) is 1. The summed E-state index contributed by atoms with van der Waals surface area (Å²) in [6.07, 6.45) is 0. The lowest BCUT2D eigenvalue weighted by atomic mass is 10.1. The number of hydrogen-bond acceptors (Lipinski definition) is 6. The van der Waals surface area contributed by atoms with Gasteiger partial charge in [0.05, 0.1) is 26.2 Å². The van der Waals surface area contributed by atoms with E-state index in [1.54, 1.807) is 31.6 Å². The van der Waals surface area contributed by atoms with Gasteiger partial charge in [-0.25, -0.2) is 4.98 Å². The highest BCUT2D eigenvalue weighted by Crippen LogP contribution is 2.32. The molecule has 0 spiro atoms. The second kappa shape index (κ2) is 6.46. The van der Waals surface area contributed by atoms with Gasteiger partial charge in [0.2, 0.25) is 0 Å². The molecule has 0 saturated heterocycles. The Labute approximate surface area is 151 Å². The van der Waals surface area contributed by atoms with E-state index in [0.717, 1.165) is 4.88 Å². The highest BCUT2D eigenvalue weighted by Gasteiger charge is 2.24. The Balaban J connectivity index is 1.78. The molecule has 3 aromatic heterocycles. The summed E-state index contributed by atoms with van der Waals surface area (Å²) in [5.74, 6) is -1.34. The maximum Gasteiger partial charge on any atom is 0.298 e. The summed E-state index contributed by atoms with van der Waals surface area (Å²) < 4.78 is 2.25. The van der Waals surface area contributed by atoms with Crippen LogP contribution in [0.15, 0.2) is 17.5 Å². The molecule has 3 heterocycles. The molecule has 0 bridgehead atoms. The Morgan fingerprint density at radius 1 is 1.29 bits per heavy atom. The Bertz CT molecular complexity index is 941. The predicted octanol–water partition coefficient (Wildman–Crippen LogP) is 3.70. The summed E-state index contributed by atoms with van der Waals surface area (Å²) in [4.78, 5) is 29.8. The number of anilines is 1. The van der Waals surface area contributed by atoms with E-state index in [1.165, 1.54) is 22.7 Å². The van der Waals surface area contributed by atoms with Gasteiger partial charge in [-0.05, 0) is 26.0 Å². The van der Waals surface area contributed by atoms with Crippen LogP contribution in [0.5, 0.6) is 0 Å². The number of thiazole rings is 1. The molecule has 124 valence electrons. The van der Waals surface area contributed by atoms with Crippen LogP contribution in [-0.4, -0.2) is 26.5 Å². The fourth-order valence-electron chi connectivity index (χ4n) is 2.27. The summed E-state index contributed by atoms with van der Waals surface area (Å²) >= 11 is 8.57. The van der Waals surface area contributed by atoms with Crippen molar-refractivity contribution in [1.29, 1.82) is 0 Å². The maximum atomic E-state index is 12.4. The van der Waals surface area contributed by atoms with Crippen LogP contribution in [-0.2, 0) is 11.8 Å².